The van der Waals surface area contributed by atoms with Crippen molar-refractivity contribution >= 4 is 56.4 Å². The van der Waals surface area contributed by atoms with Gasteiger partial charge in [0.2, 0.25) is 11.8 Å². The molecular weight excluding hydrogens is 631 g/mol. The molecule has 0 aliphatic carbocycles. The summed E-state index contributed by atoms with van der Waals surface area (Å²) in [5.74, 6) is -1.15. The zero-order valence-corrected chi connectivity index (χ0v) is 27.5. The summed E-state index contributed by atoms with van der Waals surface area (Å²) in [6.45, 7) is 7.45. The smallest absolute Gasteiger partial charge is 0.273 e. The van der Waals surface area contributed by atoms with Gasteiger partial charge < -0.3 is 15.0 Å². The highest BCUT2D eigenvalue weighted by Crippen LogP contribution is 2.36. The summed E-state index contributed by atoms with van der Waals surface area (Å²) >= 11 is 12.6. The number of nitro groups is 1. The molecule has 0 aliphatic heterocycles. The minimum atomic E-state index is -4.64. The van der Waals surface area contributed by atoms with Gasteiger partial charge in [-0.1, -0.05) is 47.5 Å². The van der Waals surface area contributed by atoms with E-state index in [9.17, 15) is 28.1 Å². The Morgan fingerprint density at radius 2 is 1.73 bits per heavy atom. The number of benzene rings is 3. The van der Waals surface area contributed by atoms with Crippen molar-refractivity contribution in [3.8, 4) is 5.75 Å². The molecule has 14 heteroatoms. The molecule has 0 spiro atoms. The average molecular weight is 666 g/mol. The number of anilines is 1. The third-order valence-corrected chi connectivity index (χ3v) is 8.98. The van der Waals surface area contributed by atoms with Gasteiger partial charge in [0.1, 0.15) is 18.3 Å². The molecular formula is C30H34Cl2N4O7S. The van der Waals surface area contributed by atoms with Crippen LogP contribution < -0.4 is 14.4 Å². The van der Waals surface area contributed by atoms with E-state index in [1.54, 1.807) is 45.0 Å². The highest BCUT2D eigenvalue weighted by Gasteiger charge is 2.35. The number of nitrogens with one attached hydrogen (secondary N) is 1. The lowest BCUT2D eigenvalue weighted by atomic mass is 10.1. The van der Waals surface area contributed by atoms with Crippen molar-refractivity contribution in [2.75, 3.05) is 18.0 Å². The van der Waals surface area contributed by atoms with Crippen molar-refractivity contribution in [1.82, 2.24) is 10.2 Å². The van der Waals surface area contributed by atoms with Crippen molar-refractivity contribution in [1.29, 1.82) is 0 Å². The van der Waals surface area contributed by atoms with Gasteiger partial charge in [-0.3, -0.25) is 24.0 Å². The number of nitrogens with zero attached hydrogens (tertiary/aromatic N) is 3. The van der Waals surface area contributed by atoms with Gasteiger partial charge in [-0.05, 0) is 70.5 Å². The van der Waals surface area contributed by atoms with E-state index in [1.807, 2.05) is 0 Å². The second-order valence-electron chi connectivity index (χ2n) is 11.1. The number of methoxy groups -OCH3 is 1. The summed E-state index contributed by atoms with van der Waals surface area (Å²) in [4.78, 5) is 39.2. The highest BCUT2D eigenvalue weighted by atomic mass is 35.5. The van der Waals surface area contributed by atoms with Crippen molar-refractivity contribution in [2.45, 2.75) is 57.6 Å². The Morgan fingerprint density at radius 1 is 1.07 bits per heavy atom. The number of carbonyl (C=O) groups is 2. The van der Waals surface area contributed by atoms with Gasteiger partial charge in [0.15, 0.2) is 0 Å². The van der Waals surface area contributed by atoms with Crippen LogP contribution >= 0.6 is 23.2 Å². The molecule has 3 rings (SSSR count). The molecule has 11 nitrogen and oxygen atoms in total. The minimum absolute atomic E-state index is 0.0727. The largest absolute Gasteiger partial charge is 0.495 e. The molecule has 0 radical (unpaired) electrons. The number of nitro benzene ring substituents is 1. The van der Waals surface area contributed by atoms with Crippen LogP contribution in [-0.4, -0.2) is 55.3 Å². The highest BCUT2D eigenvalue weighted by molar-refractivity contribution is 7.92. The van der Waals surface area contributed by atoms with Crippen LogP contribution in [0.3, 0.4) is 0 Å². The van der Waals surface area contributed by atoms with E-state index < -0.39 is 55.5 Å². The van der Waals surface area contributed by atoms with E-state index >= 15 is 0 Å². The molecule has 0 fully saturated rings. The Kier molecular flexibility index (Phi) is 10.9. The zero-order chi connectivity index (χ0) is 33.0. The Bertz CT molecular complexity index is 1680. The van der Waals surface area contributed by atoms with Gasteiger partial charge in [0.25, 0.3) is 15.7 Å². The van der Waals surface area contributed by atoms with Crippen LogP contribution in [0.25, 0.3) is 0 Å². The van der Waals surface area contributed by atoms with E-state index in [2.05, 4.69) is 5.32 Å². The quantitative estimate of drug-likeness (QED) is 0.203. The van der Waals surface area contributed by atoms with Gasteiger partial charge in [0.05, 0.1) is 22.6 Å². The number of ether oxygens (including phenoxy) is 1. The summed E-state index contributed by atoms with van der Waals surface area (Å²) in [6.07, 6.45) is 0. The van der Waals surface area contributed by atoms with Crippen LogP contribution in [0.15, 0.2) is 65.6 Å². The number of sulfonamides is 1. The molecule has 2 amide bonds. The minimum Gasteiger partial charge on any atom is -0.495 e. The fraction of sp³-hybridized carbons (Fsp3) is 0.333. The molecule has 236 valence electrons. The Labute approximate surface area is 266 Å². The first-order chi connectivity index (χ1) is 20.5. The second-order valence-corrected chi connectivity index (χ2v) is 13.8. The van der Waals surface area contributed by atoms with E-state index in [0.717, 1.165) is 10.4 Å². The van der Waals surface area contributed by atoms with Crippen molar-refractivity contribution in [3.63, 3.8) is 0 Å². The molecule has 0 aliphatic rings. The van der Waals surface area contributed by atoms with Gasteiger partial charge in [0, 0.05) is 33.8 Å². The van der Waals surface area contributed by atoms with Gasteiger partial charge in [-0.25, -0.2) is 8.42 Å². The first-order valence-corrected chi connectivity index (χ1v) is 15.6. The SMILES string of the molecule is COc1ccc(Cl)cc1N(CC(=O)N(Cc1ccccc1Cl)[C@H](C)C(=O)NC(C)(C)C)S(=O)(=O)c1ccc(C)c([N+](=O)[O-])c1. The molecule has 1 atom stereocenters. The molecule has 0 heterocycles. The fourth-order valence-corrected chi connectivity index (χ4v) is 6.11. The molecule has 3 aromatic rings. The summed E-state index contributed by atoms with van der Waals surface area (Å²) < 4.78 is 34.6. The molecule has 3 aromatic carbocycles. The van der Waals surface area contributed by atoms with Crippen LogP contribution in [0, 0.1) is 17.0 Å². The summed E-state index contributed by atoms with van der Waals surface area (Å²) in [7, 11) is -3.33. The lowest BCUT2D eigenvalue weighted by Crippen LogP contribution is -2.54. The standard InChI is InChI=1S/C30H34Cl2N4O7S/c1-19-11-13-23(16-25(19)36(39)40)44(41,42)35(26-15-22(31)12-14-27(26)43-6)18-28(37)34(17-21-9-7-8-10-24(21)32)20(2)29(38)33-30(3,4)5/h7-16,20H,17-18H2,1-6H3,(H,33,38)/t20-/m1/s1. The number of aryl methyl sites for hydroxylation is 1. The number of carbonyl (C=O) groups excluding carboxylic acids is 2. The summed E-state index contributed by atoms with van der Waals surface area (Å²) in [5.41, 5.74) is -0.332. The number of hydrogen-bond acceptors (Lipinski definition) is 7. The van der Waals surface area contributed by atoms with Crippen LogP contribution in [0.1, 0.15) is 38.8 Å². The molecule has 0 saturated heterocycles. The molecule has 0 unspecified atom stereocenters. The number of rotatable bonds is 11. The first-order valence-electron chi connectivity index (χ1n) is 13.4. The van der Waals surface area contributed by atoms with Crippen molar-refractivity contribution in [2.24, 2.45) is 0 Å². The maximum Gasteiger partial charge on any atom is 0.273 e. The Hall–Kier alpha value is -3.87. The van der Waals surface area contributed by atoms with Crippen LogP contribution in [0.5, 0.6) is 5.75 Å². The van der Waals surface area contributed by atoms with Crippen molar-refractivity contribution < 1.29 is 27.7 Å². The lowest BCUT2D eigenvalue weighted by Gasteiger charge is -2.34. The van der Waals surface area contributed by atoms with Crippen LogP contribution in [0.4, 0.5) is 11.4 Å². The van der Waals surface area contributed by atoms with Crippen molar-refractivity contribution in [3.05, 3.63) is 92.0 Å². The maximum absolute atomic E-state index is 14.2. The van der Waals surface area contributed by atoms with Gasteiger partial charge >= 0.3 is 0 Å². The molecule has 0 bridgehead atoms. The average Bonchev–Trinajstić information content (AvgIpc) is 2.94. The maximum atomic E-state index is 14.2. The first kappa shape index (κ1) is 34.6. The van der Waals surface area contributed by atoms with Crippen LogP contribution in [-0.2, 0) is 26.2 Å². The predicted octanol–water partition coefficient (Wildman–Crippen LogP) is 5.75. The summed E-state index contributed by atoms with van der Waals surface area (Å²) in [5, 5.41) is 15.0. The molecule has 1 N–H and O–H groups in total. The van der Waals surface area contributed by atoms with Gasteiger partial charge in [-0.2, -0.15) is 0 Å². The molecule has 44 heavy (non-hydrogen) atoms. The van der Waals surface area contributed by atoms with Crippen LogP contribution in [0.2, 0.25) is 10.0 Å². The van der Waals surface area contributed by atoms with E-state index in [0.29, 0.717) is 10.6 Å². The normalized spacial score (nSPS) is 12.3. The summed E-state index contributed by atoms with van der Waals surface area (Å²) in [6, 6.07) is 13.4. The number of halogens is 2. The third kappa shape index (κ3) is 8.19. The molecule has 0 aromatic heterocycles. The molecule has 0 saturated carbocycles. The lowest BCUT2D eigenvalue weighted by molar-refractivity contribution is -0.385. The Balaban J connectivity index is 2.18. The van der Waals surface area contributed by atoms with Gasteiger partial charge in [-0.15, -0.1) is 0 Å². The van der Waals surface area contributed by atoms with E-state index in [4.69, 9.17) is 27.9 Å². The second kappa shape index (κ2) is 13.8. The third-order valence-electron chi connectivity index (χ3n) is 6.62. The predicted molar refractivity (Wildman–Crippen MR) is 170 cm³/mol. The zero-order valence-electron chi connectivity index (χ0n) is 25.1. The number of amides is 2. The van der Waals surface area contributed by atoms with E-state index in [1.165, 1.54) is 56.2 Å². The Morgan fingerprint density at radius 3 is 2.32 bits per heavy atom. The fourth-order valence-electron chi connectivity index (χ4n) is 4.31. The van der Waals surface area contributed by atoms with E-state index in [-0.39, 0.29) is 28.6 Å². The topological polar surface area (TPSA) is 139 Å². The monoisotopic (exact) mass is 664 g/mol. The number of hydrogen-bond donors (Lipinski definition) is 1.